The van der Waals surface area contributed by atoms with Crippen molar-refractivity contribution in [1.29, 1.82) is 5.41 Å². The summed E-state index contributed by atoms with van der Waals surface area (Å²) in [5, 5.41) is 23.7. The van der Waals surface area contributed by atoms with Gasteiger partial charge in [-0.25, -0.2) is 9.36 Å². The first-order valence-electron chi connectivity index (χ1n) is 6.04. The standard InChI is InChI=1S/C13H9N7/c14-8-19-11-6-3-7-12(13(11)16-17-19)20-10-5-2-1-4-9(10)15-18-20/h1-8,14H. The molecule has 7 nitrogen and oxygen atoms in total. The minimum Gasteiger partial charge on any atom is -0.289 e. The van der Waals surface area contributed by atoms with Gasteiger partial charge in [-0.05, 0) is 24.3 Å². The number of fused-ring (bicyclic) bond motifs is 2. The first-order chi connectivity index (χ1) is 9.88. The average Bonchev–Trinajstić information content (AvgIpc) is 3.10. The number of aromatic nitrogens is 6. The summed E-state index contributed by atoms with van der Waals surface area (Å²) in [5.74, 6) is 0. The highest BCUT2D eigenvalue weighted by Crippen LogP contribution is 2.22. The Labute approximate surface area is 112 Å². The zero-order valence-corrected chi connectivity index (χ0v) is 10.3. The monoisotopic (exact) mass is 263 g/mol. The van der Waals surface area contributed by atoms with Crippen LogP contribution in [0.2, 0.25) is 0 Å². The van der Waals surface area contributed by atoms with E-state index in [9.17, 15) is 0 Å². The molecule has 0 saturated heterocycles. The molecule has 0 aliphatic carbocycles. The van der Waals surface area contributed by atoms with E-state index >= 15 is 0 Å². The van der Waals surface area contributed by atoms with E-state index in [0.29, 0.717) is 5.52 Å². The summed E-state index contributed by atoms with van der Waals surface area (Å²) in [7, 11) is 0. The third-order valence-corrected chi connectivity index (χ3v) is 3.18. The molecule has 0 radical (unpaired) electrons. The molecule has 0 spiro atoms. The first-order valence-corrected chi connectivity index (χ1v) is 6.04. The van der Waals surface area contributed by atoms with Crippen LogP contribution in [-0.4, -0.2) is 36.3 Å². The number of nitrogens with one attached hydrogen (secondary N) is 1. The lowest BCUT2D eigenvalue weighted by molar-refractivity contribution is 0.824. The summed E-state index contributed by atoms with van der Waals surface area (Å²) >= 11 is 0. The van der Waals surface area contributed by atoms with E-state index in [1.807, 2.05) is 42.5 Å². The van der Waals surface area contributed by atoms with Crippen LogP contribution < -0.4 is 0 Å². The summed E-state index contributed by atoms with van der Waals surface area (Å²) in [4.78, 5) is 0. The fourth-order valence-corrected chi connectivity index (χ4v) is 2.26. The lowest BCUT2D eigenvalue weighted by Gasteiger charge is -2.02. The summed E-state index contributed by atoms with van der Waals surface area (Å²) in [6, 6.07) is 13.4. The van der Waals surface area contributed by atoms with Crippen LogP contribution in [0.4, 0.5) is 0 Å². The van der Waals surface area contributed by atoms with E-state index in [2.05, 4.69) is 20.6 Å². The molecule has 0 bridgehead atoms. The molecule has 0 amide bonds. The molecule has 7 heteroatoms. The molecular formula is C13H9N7. The van der Waals surface area contributed by atoms with Crippen molar-refractivity contribution in [3.63, 3.8) is 0 Å². The van der Waals surface area contributed by atoms with Crippen molar-refractivity contribution in [3.8, 4) is 5.69 Å². The maximum absolute atomic E-state index is 7.32. The molecule has 4 aromatic rings. The Bertz CT molecular complexity index is 934. The first kappa shape index (κ1) is 10.8. The van der Waals surface area contributed by atoms with Gasteiger partial charge in [0.1, 0.15) is 17.4 Å². The fourth-order valence-electron chi connectivity index (χ4n) is 2.26. The number of para-hydroxylation sites is 1. The molecule has 1 N–H and O–H groups in total. The molecule has 2 aromatic carbocycles. The van der Waals surface area contributed by atoms with E-state index < -0.39 is 0 Å². The predicted molar refractivity (Wildman–Crippen MR) is 74.1 cm³/mol. The molecule has 0 aliphatic rings. The Kier molecular flexibility index (Phi) is 2.13. The van der Waals surface area contributed by atoms with E-state index in [-0.39, 0.29) is 0 Å². The molecule has 96 valence electrons. The quantitative estimate of drug-likeness (QED) is 0.440. The second-order valence-electron chi connectivity index (χ2n) is 4.30. The van der Waals surface area contributed by atoms with Crippen molar-refractivity contribution in [2.45, 2.75) is 0 Å². The Balaban J connectivity index is 2.07. The molecule has 2 aromatic heterocycles. The molecule has 4 rings (SSSR count). The maximum Gasteiger partial charge on any atom is 0.139 e. The van der Waals surface area contributed by atoms with Crippen LogP contribution >= 0.6 is 0 Å². The highest BCUT2D eigenvalue weighted by Gasteiger charge is 2.12. The molecule has 0 fully saturated rings. The van der Waals surface area contributed by atoms with Gasteiger partial charge in [-0.3, -0.25) is 5.41 Å². The van der Waals surface area contributed by atoms with Crippen LogP contribution in [0.5, 0.6) is 0 Å². The third kappa shape index (κ3) is 1.37. The Hall–Kier alpha value is -3.09. The Morgan fingerprint density at radius 3 is 2.65 bits per heavy atom. The zero-order chi connectivity index (χ0) is 13.5. The van der Waals surface area contributed by atoms with Crippen LogP contribution in [0.25, 0.3) is 27.8 Å². The Morgan fingerprint density at radius 2 is 1.75 bits per heavy atom. The van der Waals surface area contributed by atoms with Gasteiger partial charge in [0.25, 0.3) is 0 Å². The minimum absolute atomic E-state index is 0.687. The predicted octanol–water partition coefficient (Wildman–Crippen LogP) is 1.62. The van der Waals surface area contributed by atoms with Crippen molar-refractivity contribution >= 4 is 28.4 Å². The molecular weight excluding hydrogens is 254 g/mol. The largest absolute Gasteiger partial charge is 0.289 e. The third-order valence-electron chi connectivity index (χ3n) is 3.18. The number of hydrogen-bond acceptors (Lipinski definition) is 5. The molecule has 0 saturated carbocycles. The fraction of sp³-hybridized carbons (Fsp3) is 0. The van der Waals surface area contributed by atoms with E-state index in [0.717, 1.165) is 28.6 Å². The SMILES string of the molecule is N=Cn1nnc2c(-n3nnc4ccccc43)cccc21. The van der Waals surface area contributed by atoms with Gasteiger partial charge < -0.3 is 0 Å². The van der Waals surface area contributed by atoms with Gasteiger partial charge in [-0.2, -0.15) is 0 Å². The lowest BCUT2D eigenvalue weighted by atomic mass is 10.2. The van der Waals surface area contributed by atoms with Crippen LogP contribution in [0, 0.1) is 5.41 Å². The second kappa shape index (κ2) is 3.95. The van der Waals surface area contributed by atoms with Crippen molar-refractivity contribution in [3.05, 3.63) is 42.5 Å². The van der Waals surface area contributed by atoms with Crippen LogP contribution in [0.3, 0.4) is 0 Å². The van der Waals surface area contributed by atoms with Gasteiger partial charge in [0.15, 0.2) is 0 Å². The second-order valence-corrected chi connectivity index (χ2v) is 4.30. The normalized spacial score (nSPS) is 11.2. The molecule has 0 aliphatic heterocycles. The Morgan fingerprint density at radius 1 is 0.900 bits per heavy atom. The van der Waals surface area contributed by atoms with Gasteiger partial charge in [0, 0.05) is 0 Å². The van der Waals surface area contributed by atoms with Crippen LogP contribution in [0.15, 0.2) is 42.5 Å². The summed E-state index contributed by atoms with van der Waals surface area (Å²) in [6.45, 7) is 0. The van der Waals surface area contributed by atoms with E-state index in [1.54, 1.807) is 4.68 Å². The highest BCUT2D eigenvalue weighted by molar-refractivity contribution is 5.89. The van der Waals surface area contributed by atoms with Gasteiger partial charge in [-0.1, -0.05) is 28.6 Å². The summed E-state index contributed by atoms with van der Waals surface area (Å²) in [5.41, 5.74) is 3.97. The van der Waals surface area contributed by atoms with Crippen molar-refractivity contribution in [1.82, 2.24) is 30.0 Å². The van der Waals surface area contributed by atoms with Gasteiger partial charge >= 0.3 is 0 Å². The van der Waals surface area contributed by atoms with Gasteiger partial charge in [-0.15, -0.1) is 10.2 Å². The van der Waals surface area contributed by atoms with Crippen molar-refractivity contribution in [2.24, 2.45) is 0 Å². The summed E-state index contributed by atoms with van der Waals surface area (Å²) < 4.78 is 3.15. The van der Waals surface area contributed by atoms with E-state index in [1.165, 1.54) is 4.68 Å². The van der Waals surface area contributed by atoms with Crippen LogP contribution in [0.1, 0.15) is 0 Å². The number of rotatable bonds is 2. The molecule has 0 atom stereocenters. The smallest absolute Gasteiger partial charge is 0.139 e. The highest BCUT2D eigenvalue weighted by atomic mass is 15.5. The topological polar surface area (TPSA) is 85.3 Å². The zero-order valence-electron chi connectivity index (χ0n) is 10.3. The molecule has 0 unspecified atom stereocenters. The van der Waals surface area contributed by atoms with Crippen molar-refractivity contribution in [2.75, 3.05) is 0 Å². The number of nitrogens with zero attached hydrogens (tertiary/aromatic N) is 6. The lowest BCUT2D eigenvalue weighted by Crippen LogP contribution is -1.98. The molecule has 20 heavy (non-hydrogen) atoms. The van der Waals surface area contributed by atoms with Crippen LogP contribution in [-0.2, 0) is 0 Å². The number of benzene rings is 2. The maximum atomic E-state index is 7.32. The molecule has 2 heterocycles. The number of hydrogen-bond donors (Lipinski definition) is 1. The average molecular weight is 263 g/mol. The summed E-state index contributed by atoms with van der Waals surface area (Å²) in [6.07, 6.45) is 1.12. The van der Waals surface area contributed by atoms with Gasteiger partial charge in [0.05, 0.1) is 16.7 Å². The van der Waals surface area contributed by atoms with E-state index in [4.69, 9.17) is 5.41 Å². The van der Waals surface area contributed by atoms with Crippen molar-refractivity contribution < 1.29 is 0 Å². The van der Waals surface area contributed by atoms with Gasteiger partial charge in [0.2, 0.25) is 0 Å². The minimum atomic E-state index is 0.687.